The number of carbonyl (C=O) groups excluding carboxylic acids is 1. The van der Waals surface area contributed by atoms with Gasteiger partial charge in [0.25, 0.3) is 0 Å². The smallest absolute Gasteiger partial charge is 0.243 e. The van der Waals surface area contributed by atoms with Crippen molar-refractivity contribution in [2.45, 2.75) is 38.1 Å². The van der Waals surface area contributed by atoms with Gasteiger partial charge >= 0.3 is 0 Å². The van der Waals surface area contributed by atoms with Gasteiger partial charge < -0.3 is 4.90 Å². The van der Waals surface area contributed by atoms with Gasteiger partial charge in [-0.2, -0.15) is 9.40 Å². The van der Waals surface area contributed by atoms with Crippen molar-refractivity contribution < 1.29 is 13.2 Å². The van der Waals surface area contributed by atoms with Gasteiger partial charge in [0.2, 0.25) is 15.9 Å². The highest BCUT2D eigenvalue weighted by molar-refractivity contribution is 7.89. The maximum absolute atomic E-state index is 12.7. The zero-order chi connectivity index (χ0) is 20.5. The fourth-order valence-electron chi connectivity index (χ4n) is 3.36. The summed E-state index contributed by atoms with van der Waals surface area (Å²) in [6.45, 7) is 6.89. The topological polar surface area (TPSA) is 88.4 Å². The zero-order valence-electron chi connectivity index (χ0n) is 16.2. The molecular weight excluding hydrogens is 402 g/mol. The van der Waals surface area contributed by atoms with Crippen molar-refractivity contribution in [3.05, 3.63) is 40.9 Å². The van der Waals surface area contributed by atoms with Crippen molar-refractivity contribution in [1.82, 2.24) is 24.0 Å². The van der Waals surface area contributed by atoms with Crippen LogP contribution in [0, 0.1) is 13.8 Å². The molecule has 1 fully saturated rings. The minimum Gasteiger partial charge on any atom is -0.340 e. The van der Waals surface area contributed by atoms with Crippen LogP contribution in [0.15, 0.2) is 29.2 Å². The minimum absolute atomic E-state index is 0.0106. The Bertz CT molecular complexity index is 950. The Labute approximate surface area is 170 Å². The molecule has 3 rings (SSSR count). The molecule has 28 heavy (non-hydrogen) atoms. The van der Waals surface area contributed by atoms with Crippen molar-refractivity contribution in [2.75, 3.05) is 26.2 Å². The summed E-state index contributed by atoms with van der Waals surface area (Å²) in [6, 6.07) is 6.01. The lowest BCUT2D eigenvalue weighted by Crippen LogP contribution is -2.50. The van der Waals surface area contributed by atoms with Gasteiger partial charge in [0, 0.05) is 37.6 Å². The summed E-state index contributed by atoms with van der Waals surface area (Å²) < 4.78 is 28.6. The summed E-state index contributed by atoms with van der Waals surface area (Å²) in [4.78, 5) is 18.8. The van der Waals surface area contributed by atoms with E-state index >= 15 is 0 Å². The molecule has 10 heteroatoms. The quantitative estimate of drug-likeness (QED) is 0.731. The molecule has 1 aromatic heterocycles. The Morgan fingerprint density at radius 1 is 1.14 bits per heavy atom. The summed E-state index contributed by atoms with van der Waals surface area (Å²) >= 11 is 5.84. The van der Waals surface area contributed by atoms with Crippen LogP contribution in [0.2, 0.25) is 5.02 Å². The maximum Gasteiger partial charge on any atom is 0.243 e. The van der Waals surface area contributed by atoms with Crippen LogP contribution in [-0.2, 0) is 14.8 Å². The number of piperazine rings is 1. The number of benzene rings is 1. The molecule has 1 aromatic carbocycles. The predicted octanol–water partition coefficient (Wildman–Crippen LogP) is 2.03. The summed E-state index contributed by atoms with van der Waals surface area (Å²) in [7, 11) is -3.58. The van der Waals surface area contributed by atoms with Crippen LogP contribution < -0.4 is 0 Å². The second kappa shape index (κ2) is 8.18. The van der Waals surface area contributed by atoms with Crippen LogP contribution in [0.5, 0.6) is 0 Å². The SMILES string of the molecule is Cc1nc(C)n(C(C)CC(=O)N2CCN(S(=O)(=O)c3ccc(Cl)cc3)CC2)n1. The standard InChI is InChI=1S/C18H24ClN5O3S/c1-13(24-15(3)20-14(2)21-24)12-18(25)22-8-10-23(11-9-22)28(26,27)17-6-4-16(19)5-7-17/h4-7,13H,8-12H2,1-3H3. The third kappa shape index (κ3) is 4.37. The monoisotopic (exact) mass is 425 g/mol. The van der Waals surface area contributed by atoms with E-state index in [1.165, 1.54) is 16.4 Å². The molecule has 0 aliphatic carbocycles. The molecule has 1 amide bonds. The molecule has 1 aliphatic heterocycles. The summed E-state index contributed by atoms with van der Waals surface area (Å²) in [5.74, 6) is 1.44. The number of rotatable bonds is 5. The van der Waals surface area contributed by atoms with E-state index in [0.29, 0.717) is 30.4 Å². The van der Waals surface area contributed by atoms with Crippen LogP contribution in [-0.4, -0.2) is 64.5 Å². The van der Waals surface area contributed by atoms with Crippen molar-refractivity contribution in [3.63, 3.8) is 0 Å². The number of hydrogen-bond donors (Lipinski definition) is 0. The first-order valence-corrected chi connectivity index (χ1v) is 10.9. The number of aromatic nitrogens is 3. The lowest BCUT2D eigenvalue weighted by molar-refractivity contribution is -0.133. The van der Waals surface area contributed by atoms with Crippen LogP contribution in [0.25, 0.3) is 0 Å². The molecule has 8 nitrogen and oxygen atoms in total. The van der Waals surface area contributed by atoms with Crippen molar-refractivity contribution in [2.24, 2.45) is 0 Å². The minimum atomic E-state index is -3.58. The maximum atomic E-state index is 12.7. The molecule has 0 radical (unpaired) electrons. The van der Waals surface area contributed by atoms with Gasteiger partial charge in [-0.3, -0.25) is 4.79 Å². The number of aryl methyl sites for hydroxylation is 2. The first-order chi connectivity index (χ1) is 13.2. The first-order valence-electron chi connectivity index (χ1n) is 9.11. The van der Waals surface area contributed by atoms with E-state index in [0.717, 1.165) is 5.82 Å². The molecule has 1 saturated heterocycles. The van der Waals surface area contributed by atoms with E-state index in [1.807, 2.05) is 20.8 Å². The fraction of sp³-hybridized carbons (Fsp3) is 0.500. The van der Waals surface area contributed by atoms with Gasteiger partial charge in [0.1, 0.15) is 11.6 Å². The number of carbonyl (C=O) groups is 1. The third-order valence-corrected chi connectivity index (χ3v) is 7.00. The number of nitrogens with zero attached hydrogens (tertiary/aromatic N) is 5. The van der Waals surface area contributed by atoms with Crippen LogP contribution in [0.1, 0.15) is 31.0 Å². The predicted molar refractivity (Wildman–Crippen MR) is 106 cm³/mol. The molecule has 1 aliphatic rings. The normalized spacial score (nSPS) is 16.9. The number of amides is 1. The molecule has 0 saturated carbocycles. The average molecular weight is 426 g/mol. The van der Waals surface area contributed by atoms with Crippen LogP contribution >= 0.6 is 11.6 Å². The largest absolute Gasteiger partial charge is 0.340 e. The Morgan fingerprint density at radius 2 is 1.75 bits per heavy atom. The van der Waals surface area contributed by atoms with Crippen LogP contribution in [0.3, 0.4) is 0 Å². The second-order valence-corrected chi connectivity index (χ2v) is 9.32. The van der Waals surface area contributed by atoms with Gasteiger partial charge in [-0.25, -0.2) is 18.1 Å². The number of sulfonamides is 1. The lowest BCUT2D eigenvalue weighted by Gasteiger charge is -2.34. The molecule has 0 N–H and O–H groups in total. The van der Waals surface area contributed by atoms with E-state index in [4.69, 9.17) is 11.6 Å². The van der Waals surface area contributed by atoms with E-state index in [1.54, 1.807) is 21.7 Å². The van der Waals surface area contributed by atoms with Crippen molar-refractivity contribution >= 4 is 27.5 Å². The van der Waals surface area contributed by atoms with Gasteiger partial charge in [-0.05, 0) is 45.0 Å². The highest BCUT2D eigenvalue weighted by atomic mass is 35.5. The third-order valence-electron chi connectivity index (χ3n) is 4.84. The molecular formula is C18H24ClN5O3S. The summed E-state index contributed by atoms with van der Waals surface area (Å²) in [5.41, 5.74) is 0. The molecule has 2 aromatic rings. The van der Waals surface area contributed by atoms with E-state index < -0.39 is 10.0 Å². The Hall–Kier alpha value is -1.97. The highest BCUT2D eigenvalue weighted by Gasteiger charge is 2.30. The average Bonchev–Trinajstić information content (AvgIpc) is 3.00. The molecule has 0 spiro atoms. The highest BCUT2D eigenvalue weighted by Crippen LogP contribution is 2.21. The fourth-order valence-corrected chi connectivity index (χ4v) is 4.90. The van der Waals surface area contributed by atoms with Crippen molar-refractivity contribution in [1.29, 1.82) is 0 Å². The van der Waals surface area contributed by atoms with Gasteiger partial charge in [0.05, 0.1) is 10.9 Å². The van der Waals surface area contributed by atoms with Crippen molar-refractivity contribution in [3.8, 4) is 0 Å². The summed E-state index contributed by atoms with van der Waals surface area (Å²) in [5, 5.41) is 4.82. The number of halogens is 1. The molecule has 1 atom stereocenters. The Balaban J connectivity index is 1.59. The Morgan fingerprint density at radius 3 is 2.29 bits per heavy atom. The lowest BCUT2D eigenvalue weighted by atomic mass is 10.2. The molecule has 1 unspecified atom stereocenters. The van der Waals surface area contributed by atoms with E-state index in [-0.39, 0.29) is 29.9 Å². The molecule has 2 heterocycles. The number of hydrogen-bond acceptors (Lipinski definition) is 5. The van der Waals surface area contributed by atoms with E-state index in [2.05, 4.69) is 10.1 Å². The van der Waals surface area contributed by atoms with Gasteiger partial charge in [-0.15, -0.1) is 0 Å². The van der Waals surface area contributed by atoms with E-state index in [9.17, 15) is 13.2 Å². The second-order valence-electron chi connectivity index (χ2n) is 6.94. The Kier molecular flexibility index (Phi) is 6.07. The zero-order valence-corrected chi connectivity index (χ0v) is 17.7. The molecule has 152 valence electrons. The first kappa shape index (κ1) is 20.8. The summed E-state index contributed by atoms with van der Waals surface area (Å²) in [6.07, 6.45) is 0.299. The van der Waals surface area contributed by atoms with Crippen LogP contribution in [0.4, 0.5) is 0 Å². The van der Waals surface area contributed by atoms with Gasteiger partial charge in [0.15, 0.2) is 0 Å². The van der Waals surface area contributed by atoms with Gasteiger partial charge in [-0.1, -0.05) is 11.6 Å². The molecule has 0 bridgehead atoms.